The molecule has 0 saturated heterocycles. The van der Waals surface area contributed by atoms with E-state index in [0.717, 1.165) is 11.1 Å². The molecule has 1 aromatic carbocycles. The van der Waals surface area contributed by atoms with E-state index in [1.54, 1.807) is 12.3 Å². The fraction of sp³-hybridized carbons (Fsp3) is 0.316. The number of fused-ring (bicyclic) bond motifs is 1. The van der Waals surface area contributed by atoms with Gasteiger partial charge in [-0.1, -0.05) is 36.4 Å². The molecule has 0 spiro atoms. The van der Waals surface area contributed by atoms with Crippen molar-refractivity contribution in [1.29, 1.82) is 0 Å². The van der Waals surface area contributed by atoms with Gasteiger partial charge in [0.15, 0.2) is 0 Å². The number of aliphatic hydroxyl groups excluding tert-OH is 2. The Bertz CT molecular complexity index is 772. The van der Waals surface area contributed by atoms with Gasteiger partial charge in [0.1, 0.15) is 11.9 Å². The molecule has 2 heterocycles. The number of benzene rings is 1. The van der Waals surface area contributed by atoms with Crippen LogP contribution in [0, 0.1) is 0 Å². The average molecular weight is 327 g/mol. The number of hydrogen-bond donors (Lipinski definition) is 3. The summed E-state index contributed by atoms with van der Waals surface area (Å²) in [5.74, 6) is 0.390. The maximum atomic E-state index is 10.9. The second-order valence-corrected chi connectivity index (χ2v) is 6.27. The lowest BCUT2D eigenvalue weighted by atomic mass is 9.76. The molecule has 0 fully saturated rings. The van der Waals surface area contributed by atoms with E-state index in [0.29, 0.717) is 17.0 Å². The van der Waals surface area contributed by atoms with Crippen molar-refractivity contribution in [3.63, 3.8) is 0 Å². The smallest absolute Gasteiger partial charge is 0.221 e. The van der Waals surface area contributed by atoms with Crippen LogP contribution in [0.5, 0.6) is 11.6 Å². The first kappa shape index (κ1) is 16.5. The van der Waals surface area contributed by atoms with Gasteiger partial charge in [-0.15, -0.1) is 0 Å². The minimum atomic E-state index is -0.840. The Morgan fingerprint density at radius 3 is 2.62 bits per heavy atom. The predicted octanol–water partition coefficient (Wildman–Crippen LogP) is 2.40. The van der Waals surface area contributed by atoms with Gasteiger partial charge in [-0.3, -0.25) is 0 Å². The zero-order chi connectivity index (χ0) is 17.3. The van der Waals surface area contributed by atoms with E-state index in [9.17, 15) is 10.2 Å². The summed E-state index contributed by atoms with van der Waals surface area (Å²) in [6.45, 7) is 3.33. The first-order chi connectivity index (χ1) is 11.5. The molecular weight excluding hydrogens is 306 g/mol. The number of aromatic nitrogens is 1. The van der Waals surface area contributed by atoms with Crippen LogP contribution in [0.15, 0.2) is 48.2 Å². The van der Waals surface area contributed by atoms with Crippen molar-refractivity contribution in [2.45, 2.75) is 25.4 Å². The lowest BCUT2D eigenvalue weighted by molar-refractivity contribution is 0.119. The summed E-state index contributed by atoms with van der Waals surface area (Å²) in [7, 11) is 0. The molecule has 1 aliphatic rings. The molecular formula is C19H21NO4. The fourth-order valence-corrected chi connectivity index (χ4v) is 3.30. The van der Waals surface area contributed by atoms with Gasteiger partial charge in [0.25, 0.3) is 0 Å². The lowest BCUT2D eigenvalue weighted by Gasteiger charge is -2.29. The van der Waals surface area contributed by atoms with Crippen LogP contribution in [-0.4, -0.2) is 39.6 Å². The van der Waals surface area contributed by atoms with Gasteiger partial charge < -0.3 is 20.1 Å². The molecule has 0 saturated carbocycles. The normalized spacial score (nSPS) is 23.0. The second-order valence-electron chi connectivity index (χ2n) is 6.27. The third kappa shape index (κ3) is 2.46. The Balaban J connectivity index is 2.15. The van der Waals surface area contributed by atoms with E-state index in [2.05, 4.69) is 4.98 Å². The van der Waals surface area contributed by atoms with Crippen molar-refractivity contribution in [1.82, 2.24) is 4.98 Å². The molecule has 5 nitrogen and oxygen atoms in total. The van der Waals surface area contributed by atoms with Gasteiger partial charge in [0.05, 0.1) is 24.2 Å². The molecule has 2 aromatic rings. The zero-order valence-electron chi connectivity index (χ0n) is 13.7. The summed E-state index contributed by atoms with van der Waals surface area (Å²) >= 11 is 0. The number of nitrogens with zero attached hydrogens (tertiary/aromatic N) is 1. The van der Waals surface area contributed by atoms with E-state index < -0.39 is 11.5 Å². The highest BCUT2D eigenvalue weighted by Gasteiger charge is 2.49. The molecule has 2 atom stereocenters. The zero-order valence-corrected chi connectivity index (χ0v) is 13.7. The van der Waals surface area contributed by atoms with Crippen molar-refractivity contribution in [2.24, 2.45) is 0 Å². The number of ether oxygens (including phenoxy) is 1. The Hall–Kier alpha value is -2.37. The standard InChI is InChI=1S/C19H21NO4/c1-12(8-9-21)17-19(2,11-22)15-16(23)14(10-20-18(15)24-17)13-6-4-3-5-7-13/h3-8,10,17,21-22H,9,11H2,1-2H3,(H,20,23)/b12-8+. The van der Waals surface area contributed by atoms with Crippen LogP contribution in [0.25, 0.3) is 11.1 Å². The molecule has 3 N–H and O–H groups in total. The van der Waals surface area contributed by atoms with Crippen LogP contribution in [-0.2, 0) is 5.41 Å². The number of rotatable bonds is 4. The summed E-state index contributed by atoms with van der Waals surface area (Å²) in [6, 6.07) is 9.47. The number of hydrogen-bond acceptors (Lipinski definition) is 5. The van der Waals surface area contributed by atoms with Gasteiger partial charge in [-0.25, -0.2) is 4.98 Å². The molecule has 1 aliphatic heterocycles. The molecule has 1 aromatic heterocycles. The summed E-state index contributed by atoms with van der Waals surface area (Å²) in [5, 5.41) is 30.0. The van der Waals surface area contributed by atoms with Crippen LogP contribution in [0.1, 0.15) is 19.4 Å². The third-order valence-electron chi connectivity index (χ3n) is 4.64. The quantitative estimate of drug-likeness (QED) is 0.751. The molecule has 0 aliphatic carbocycles. The van der Waals surface area contributed by atoms with Gasteiger partial charge in [-0.05, 0) is 25.0 Å². The minimum absolute atomic E-state index is 0.0713. The molecule has 5 heteroatoms. The molecule has 126 valence electrons. The second kappa shape index (κ2) is 6.26. The average Bonchev–Trinajstić information content (AvgIpc) is 2.90. The summed E-state index contributed by atoms with van der Waals surface area (Å²) in [5.41, 5.74) is 1.89. The van der Waals surface area contributed by atoms with E-state index in [1.165, 1.54) is 0 Å². The number of aromatic hydroxyl groups is 1. The van der Waals surface area contributed by atoms with Crippen molar-refractivity contribution < 1.29 is 20.1 Å². The van der Waals surface area contributed by atoms with Crippen LogP contribution in [0.2, 0.25) is 0 Å². The van der Waals surface area contributed by atoms with Crippen LogP contribution in [0.4, 0.5) is 0 Å². The first-order valence-electron chi connectivity index (χ1n) is 7.85. The minimum Gasteiger partial charge on any atom is -0.507 e. The van der Waals surface area contributed by atoms with E-state index in [-0.39, 0.29) is 19.0 Å². The van der Waals surface area contributed by atoms with Gasteiger partial charge in [-0.2, -0.15) is 0 Å². The highest BCUT2D eigenvalue weighted by molar-refractivity contribution is 5.73. The van der Waals surface area contributed by atoms with E-state index in [4.69, 9.17) is 9.84 Å². The van der Waals surface area contributed by atoms with Crippen molar-refractivity contribution in [3.8, 4) is 22.8 Å². The Morgan fingerprint density at radius 2 is 2.00 bits per heavy atom. The van der Waals surface area contributed by atoms with Crippen molar-refractivity contribution >= 4 is 0 Å². The summed E-state index contributed by atoms with van der Waals surface area (Å²) in [4.78, 5) is 4.35. The fourth-order valence-electron chi connectivity index (χ4n) is 3.30. The van der Waals surface area contributed by atoms with Crippen LogP contribution >= 0.6 is 0 Å². The Labute approximate surface area is 140 Å². The Morgan fingerprint density at radius 1 is 1.29 bits per heavy atom. The summed E-state index contributed by atoms with van der Waals surface area (Å²) in [6.07, 6.45) is 2.73. The number of pyridine rings is 1. The third-order valence-corrected chi connectivity index (χ3v) is 4.64. The summed E-state index contributed by atoms with van der Waals surface area (Å²) < 4.78 is 5.89. The molecule has 2 unspecified atom stereocenters. The monoisotopic (exact) mass is 327 g/mol. The number of aliphatic hydroxyl groups is 2. The molecule has 0 radical (unpaired) electrons. The SMILES string of the molecule is C/C(=C\CO)C1Oc2ncc(-c3ccccc3)c(O)c2C1(C)CO. The van der Waals surface area contributed by atoms with Crippen molar-refractivity contribution in [3.05, 3.63) is 53.7 Å². The predicted molar refractivity (Wildman–Crippen MR) is 91.0 cm³/mol. The van der Waals surface area contributed by atoms with E-state index in [1.807, 2.05) is 44.2 Å². The van der Waals surface area contributed by atoms with Gasteiger partial charge in [0, 0.05) is 11.8 Å². The highest BCUT2D eigenvalue weighted by Crippen LogP contribution is 2.50. The van der Waals surface area contributed by atoms with Gasteiger partial charge >= 0.3 is 0 Å². The van der Waals surface area contributed by atoms with E-state index >= 15 is 0 Å². The maximum absolute atomic E-state index is 10.9. The van der Waals surface area contributed by atoms with Crippen molar-refractivity contribution in [2.75, 3.05) is 13.2 Å². The maximum Gasteiger partial charge on any atom is 0.221 e. The van der Waals surface area contributed by atoms with Crippen LogP contribution < -0.4 is 4.74 Å². The van der Waals surface area contributed by atoms with Gasteiger partial charge in [0.2, 0.25) is 5.88 Å². The molecule has 0 amide bonds. The Kier molecular flexibility index (Phi) is 4.30. The first-order valence-corrected chi connectivity index (χ1v) is 7.85. The highest BCUT2D eigenvalue weighted by atomic mass is 16.5. The largest absolute Gasteiger partial charge is 0.507 e. The van der Waals surface area contributed by atoms with Crippen LogP contribution in [0.3, 0.4) is 0 Å². The molecule has 24 heavy (non-hydrogen) atoms. The molecule has 0 bridgehead atoms. The topological polar surface area (TPSA) is 82.8 Å². The molecule has 3 rings (SSSR count). The lowest BCUT2D eigenvalue weighted by Crippen LogP contribution is -2.39.